The molecule has 0 unspecified atom stereocenters. The number of benzene rings is 2. The van der Waals surface area contributed by atoms with Crippen molar-refractivity contribution in [3.63, 3.8) is 0 Å². The van der Waals surface area contributed by atoms with Crippen molar-refractivity contribution in [2.45, 2.75) is 31.7 Å². The van der Waals surface area contributed by atoms with E-state index < -0.39 is 11.9 Å². The highest BCUT2D eigenvalue weighted by Crippen LogP contribution is 2.21. The number of nitrogens with zero attached hydrogens (tertiary/aromatic N) is 1. The summed E-state index contributed by atoms with van der Waals surface area (Å²) < 4.78 is 0. The summed E-state index contributed by atoms with van der Waals surface area (Å²) in [6, 6.07) is 15.4. The van der Waals surface area contributed by atoms with Crippen LogP contribution in [0.2, 0.25) is 0 Å². The van der Waals surface area contributed by atoms with Crippen LogP contribution >= 0.6 is 0 Å². The van der Waals surface area contributed by atoms with E-state index >= 15 is 0 Å². The van der Waals surface area contributed by atoms with E-state index in [1.807, 2.05) is 30.3 Å². The second-order valence-electron chi connectivity index (χ2n) is 6.67. The molecule has 6 nitrogen and oxygen atoms in total. The first kappa shape index (κ1) is 18.6. The van der Waals surface area contributed by atoms with Crippen LogP contribution < -0.4 is 16.0 Å². The standard InChI is InChI=1S/C21H23N3O3/c22-20(26)18(14-15-6-2-1-3-7-15)23-21(27)16-9-11-17(12-10-16)24-13-5-4-8-19(24)25/h1-3,6-7,9-12,18H,4-5,8,13-14H2,(H2,22,26)(H,23,27)/t18-/m1/s1. The van der Waals surface area contributed by atoms with Crippen molar-refractivity contribution >= 4 is 23.4 Å². The molecule has 3 N–H and O–H groups in total. The van der Waals surface area contributed by atoms with Gasteiger partial charge in [-0.3, -0.25) is 14.4 Å². The highest BCUT2D eigenvalue weighted by atomic mass is 16.2. The number of amides is 3. The average molecular weight is 365 g/mol. The number of anilines is 1. The van der Waals surface area contributed by atoms with Crippen LogP contribution in [0.1, 0.15) is 35.2 Å². The third kappa shape index (κ3) is 4.73. The molecule has 1 heterocycles. The summed E-state index contributed by atoms with van der Waals surface area (Å²) in [6.07, 6.45) is 2.80. The molecule has 6 heteroatoms. The minimum Gasteiger partial charge on any atom is -0.368 e. The lowest BCUT2D eigenvalue weighted by molar-refractivity contribution is -0.120. The van der Waals surface area contributed by atoms with Crippen LogP contribution in [0.3, 0.4) is 0 Å². The predicted octanol–water partition coefficient (Wildman–Crippen LogP) is 2.03. The fraction of sp³-hybridized carbons (Fsp3) is 0.286. The van der Waals surface area contributed by atoms with Crippen LogP contribution in [0.25, 0.3) is 0 Å². The molecule has 0 saturated carbocycles. The van der Waals surface area contributed by atoms with Gasteiger partial charge in [0.15, 0.2) is 0 Å². The molecule has 0 aromatic heterocycles. The number of nitrogens with one attached hydrogen (secondary N) is 1. The Hall–Kier alpha value is -3.15. The van der Waals surface area contributed by atoms with Gasteiger partial charge in [-0.1, -0.05) is 30.3 Å². The van der Waals surface area contributed by atoms with Crippen LogP contribution in [0.15, 0.2) is 54.6 Å². The van der Waals surface area contributed by atoms with E-state index in [1.54, 1.807) is 29.2 Å². The van der Waals surface area contributed by atoms with E-state index in [-0.39, 0.29) is 11.8 Å². The van der Waals surface area contributed by atoms with Crippen LogP contribution in [0.4, 0.5) is 5.69 Å². The summed E-state index contributed by atoms with van der Waals surface area (Å²) in [5.74, 6) is -0.843. The largest absolute Gasteiger partial charge is 0.368 e. The van der Waals surface area contributed by atoms with Crippen molar-refractivity contribution in [3.8, 4) is 0 Å². The van der Waals surface area contributed by atoms with Gasteiger partial charge in [-0.2, -0.15) is 0 Å². The van der Waals surface area contributed by atoms with Crippen molar-refractivity contribution < 1.29 is 14.4 Å². The van der Waals surface area contributed by atoms with Gasteiger partial charge in [0.05, 0.1) is 0 Å². The van der Waals surface area contributed by atoms with Gasteiger partial charge in [-0.05, 0) is 42.7 Å². The summed E-state index contributed by atoms with van der Waals surface area (Å²) in [5, 5.41) is 2.69. The molecule has 3 rings (SSSR count). The SMILES string of the molecule is NC(=O)[C@@H](Cc1ccccc1)NC(=O)c1ccc(N2CCCCC2=O)cc1. The molecule has 2 aromatic carbocycles. The number of hydrogen-bond acceptors (Lipinski definition) is 3. The zero-order valence-corrected chi connectivity index (χ0v) is 15.1. The van der Waals surface area contributed by atoms with Gasteiger partial charge in [-0.25, -0.2) is 0 Å². The van der Waals surface area contributed by atoms with E-state index in [0.717, 1.165) is 24.1 Å². The molecule has 1 aliphatic rings. The third-order valence-electron chi connectivity index (χ3n) is 4.70. The fourth-order valence-corrected chi connectivity index (χ4v) is 3.19. The summed E-state index contributed by atoms with van der Waals surface area (Å²) in [5.41, 5.74) is 7.57. The molecule has 3 amide bonds. The maximum absolute atomic E-state index is 12.5. The highest BCUT2D eigenvalue weighted by molar-refractivity contribution is 5.98. The van der Waals surface area contributed by atoms with Gasteiger partial charge in [-0.15, -0.1) is 0 Å². The first-order chi connectivity index (χ1) is 13.0. The summed E-state index contributed by atoms with van der Waals surface area (Å²) in [7, 11) is 0. The lowest BCUT2D eigenvalue weighted by Gasteiger charge is -2.26. The molecular formula is C21H23N3O3. The normalized spacial score (nSPS) is 15.3. The van der Waals surface area contributed by atoms with E-state index in [4.69, 9.17) is 5.73 Å². The van der Waals surface area contributed by atoms with Crippen molar-refractivity contribution in [1.82, 2.24) is 5.32 Å². The highest BCUT2D eigenvalue weighted by Gasteiger charge is 2.21. The summed E-state index contributed by atoms with van der Waals surface area (Å²) >= 11 is 0. The Morgan fingerprint density at radius 3 is 2.37 bits per heavy atom. The van der Waals surface area contributed by atoms with Crippen molar-refractivity contribution in [2.75, 3.05) is 11.4 Å². The molecule has 0 radical (unpaired) electrons. The number of piperidine rings is 1. The first-order valence-corrected chi connectivity index (χ1v) is 9.09. The quantitative estimate of drug-likeness (QED) is 0.820. The third-order valence-corrected chi connectivity index (χ3v) is 4.70. The number of nitrogens with two attached hydrogens (primary N) is 1. The molecule has 0 bridgehead atoms. The number of carbonyl (C=O) groups excluding carboxylic acids is 3. The first-order valence-electron chi connectivity index (χ1n) is 9.09. The minimum absolute atomic E-state index is 0.107. The van der Waals surface area contributed by atoms with Gasteiger partial charge in [0.1, 0.15) is 6.04 Å². The number of primary amides is 1. The lowest BCUT2D eigenvalue weighted by atomic mass is 10.0. The zero-order chi connectivity index (χ0) is 19.2. The fourth-order valence-electron chi connectivity index (χ4n) is 3.19. The van der Waals surface area contributed by atoms with Crippen LogP contribution in [0, 0.1) is 0 Å². The monoisotopic (exact) mass is 365 g/mol. The van der Waals surface area contributed by atoms with Crippen LogP contribution in [0.5, 0.6) is 0 Å². The minimum atomic E-state index is -0.789. The van der Waals surface area contributed by atoms with Crippen LogP contribution in [-0.4, -0.2) is 30.3 Å². The summed E-state index contributed by atoms with van der Waals surface area (Å²) in [6.45, 7) is 0.700. The smallest absolute Gasteiger partial charge is 0.251 e. The second kappa shape index (κ2) is 8.49. The molecule has 0 aliphatic carbocycles. The molecule has 1 fully saturated rings. The molecule has 1 atom stereocenters. The van der Waals surface area contributed by atoms with Crippen LogP contribution in [-0.2, 0) is 16.0 Å². The Bertz CT molecular complexity index is 818. The van der Waals surface area contributed by atoms with Crippen molar-refractivity contribution in [1.29, 1.82) is 0 Å². The Morgan fingerprint density at radius 2 is 1.74 bits per heavy atom. The second-order valence-corrected chi connectivity index (χ2v) is 6.67. The predicted molar refractivity (Wildman–Crippen MR) is 103 cm³/mol. The Labute approximate surface area is 158 Å². The van der Waals surface area contributed by atoms with Crippen molar-refractivity contribution in [2.24, 2.45) is 5.73 Å². The lowest BCUT2D eigenvalue weighted by Crippen LogP contribution is -2.45. The van der Waals surface area contributed by atoms with Gasteiger partial charge < -0.3 is 16.0 Å². The number of rotatable bonds is 6. The maximum Gasteiger partial charge on any atom is 0.251 e. The zero-order valence-electron chi connectivity index (χ0n) is 15.1. The molecular weight excluding hydrogens is 342 g/mol. The molecule has 27 heavy (non-hydrogen) atoms. The molecule has 140 valence electrons. The summed E-state index contributed by atoms with van der Waals surface area (Å²) in [4.78, 5) is 38.0. The van der Waals surface area contributed by atoms with E-state index in [1.165, 1.54) is 0 Å². The Morgan fingerprint density at radius 1 is 1.04 bits per heavy atom. The van der Waals surface area contributed by atoms with Crippen molar-refractivity contribution in [3.05, 3.63) is 65.7 Å². The average Bonchev–Trinajstić information content (AvgIpc) is 2.68. The van der Waals surface area contributed by atoms with Gasteiger partial charge in [0.2, 0.25) is 11.8 Å². The topological polar surface area (TPSA) is 92.5 Å². The van der Waals surface area contributed by atoms with Gasteiger partial charge in [0, 0.05) is 30.6 Å². The molecule has 1 aliphatic heterocycles. The van der Waals surface area contributed by atoms with Gasteiger partial charge >= 0.3 is 0 Å². The molecule has 0 spiro atoms. The van der Waals surface area contributed by atoms with E-state index in [2.05, 4.69) is 5.32 Å². The molecule has 2 aromatic rings. The molecule has 1 saturated heterocycles. The maximum atomic E-state index is 12.5. The van der Waals surface area contributed by atoms with E-state index in [0.29, 0.717) is 24.9 Å². The Kier molecular flexibility index (Phi) is 5.86. The van der Waals surface area contributed by atoms with E-state index in [9.17, 15) is 14.4 Å². The number of hydrogen-bond donors (Lipinski definition) is 2. The number of carbonyl (C=O) groups is 3. The van der Waals surface area contributed by atoms with Gasteiger partial charge in [0.25, 0.3) is 5.91 Å². The Balaban J connectivity index is 1.67.